The molecule has 0 unspecified atom stereocenters. The number of benzene rings is 2. The molecule has 0 spiro atoms. The SMILES string of the molecule is C=CCN(c1ccc(OC)cc1OC)S(=O)(=O)c1ccc(C)c([N+](=O)[O-])c1. The molecular formula is C18H20N2O6S. The number of hydrogen-bond donors (Lipinski definition) is 0. The van der Waals surface area contributed by atoms with Crippen molar-refractivity contribution in [2.45, 2.75) is 11.8 Å². The molecule has 27 heavy (non-hydrogen) atoms. The fourth-order valence-corrected chi connectivity index (χ4v) is 3.97. The van der Waals surface area contributed by atoms with E-state index in [4.69, 9.17) is 9.47 Å². The van der Waals surface area contributed by atoms with Crippen LogP contribution in [0.5, 0.6) is 11.5 Å². The van der Waals surface area contributed by atoms with Gasteiger partial charge in [0.05, 0.1) is 36.3 Å². The van der Waals surface area contributed by atoms with Gasteiger partial charge in [0.25, 0.3) is 15.7 Å². The first kappa shape index (κ1) is 20.2. The quantitative estimate of drug-likeness (QED) is 0.388. The molecule has 0 radical (unpaired) electrons. The Labute approximate surface area is 157 Å². The molecular weight excluding hydrogens is 372 g/mol. The van der Waals surface area contributed by atoms with Crippen molar-refractivity contribution in [3.05, 3.63) is 64.7 Å². The van der Waals surface area contributed by atoms with Crippen molar-refractivity contribution in [3.63, 3.8) is 0 Å². The van der Waals surface area contributed by atoms with Crippen LogP contribution in [0.4, 0.5) is 11.4 Å². The van der Waals surface area contributed by atoms with Gasteiger partial charge in [0.15, 0.2) is 0 Å². The maximum atomic E-state index is 13.2. The molecule has 0 bridgehead atoms. The Morgan fingerprint density at radius 1 is 1.19 bits per heavy atom. The number of nitro benzene ring substituents is 1. The average Bonchev–Trinajstić information content (AvgIpc) is 2.65. The number of sulfonamides is 1. The zero-order chi connectivity index (χ0) is 20.2. The van der Waals surface area contributed by atoms with Crippen LogP contribution in [0, 0.1) is 17.0 Å². The van der Waals surface area contributed by atoms with Crippen molar-refractivity contribution in [1.82, 2.24) is 0 Å². The lowest BCUT2D eigenvalue weighted by Crippen LogP contribution is -2.31. The lowest BCUT2D eigenvalue weighted by atomic mass is 10.2. The van der Waals surface area contributed by atoms with Crippen LogP contribution in [0.3, 0.4) is 0 Å². The van der Waals surface area contributed by atoms with Crippen molar-refractivity contribution in [3.8, 4) is 11.5 Å². The van der Waals surface area contributed by atoms with Gasteiger partial charge in [-0.1, -0.05) is 12.1 Å². The molecule has 0 N–H and O–H groups in total. The van der Waals surface area contributed by atoms with Crippen LogP contribution in [-0.4, -0.2) is 34.1 Å². The Bertz CT molecular complexity index is 972. The molecule has 8 nitrogen and oxygen atoms in total. The second-order valence-corrected chi connectivity index (χ2v) is 7.43. The van der Waals surface area contributed by atoms with Crippen LogP contribution >= 0.6 is 0 Å². The second-order valence-electron chi connectivity index (χ2n) is 5.57. The van der Waals surface area contributed by atoms with Crippen LogP contribution < -0.4 is 13.8 Å². The molecule has 0 amide bonds. The molecule has 0 aliphatic rings. The molecule has 144 valence electrons. The molecule has 0 aromatic heterocycles. The van der Waals surface area contributed by atoms with E-state index in [1.165, 1.54) is 32.4 Å². The highest BCUT2D eigenvalue weighted by molar-refractivity contribution is 7.92. The van der Waals surface area contributed by atoms with E-state index in [2.05, 4.69) is 6.58 Å². The first-order valence-corrected chi connectivity index (χ1v) is 9.31. The molecule has 0 aliphatic heterocycles. The third kappa shape index (κ3) is 4.03. The van der Waals surface area contributed by atoms with Crippen molar-refractivity contribution in [2.24, 2.45) is 0 Å². The summed E-state index contributed by atoms with van der Waals surface area (Å²) in [5.74, 6) is 0.777. The highest BCUT2D eigenvalue weighted by Gasteiger charge is 2.28. The molecule has 0 fully saturated rings. The molecule has 2 aromatic rings. The summed E-state index contributed by atoms with van der Waals surface area (Å²) >= 11 is 0. The zero-order valence-corrected chi connectivity index (χ0v) is 16.0. The predicted octanol–water partition coefficient (Wildman–Crippen LogP) is 3.30. The van der Waals surface area contributed by atoms with Gasteiger partial charge in [-0.3, -0.25) is 14.4 Å². The summed E-state index contributed by atoms with van der Waals surface area (Å²) < 4.78 is 37.9. The van der Waals surface area contributed by atoms with E-state index in [1.807, 2.05) is 0 Å². The van der Waals surface area contributed by atoms with Gasteiger partial charge in [0.1, 0.15) is 11.5 Å². The van der Waals surface area contributed by atoms with Crippen molar-refractivity contribution >= 4 is 21.4 Å². The summed E-state index contributed by atoms with van der Waals surface area (Å²) in [5, 5.41) is 11.2. The third-order valence-electron chi connectivity index (χ3n) is 3.92. The Kier molecular flexibility index (Phi) is 6.06. The van der Waals surface area contributed by atoms with Gasteiger partial charge >= 0.3 is 0 Å². The molecule has 0 aliphatic carbocycles. The Balaban J connectivity index is 2.64. The summed E-state index contributed by atoms with van der Waals surface area (Å²) in [4.78, 5) is 10.4. The summed E-state index contributed by atoms with van der Waals surface area (Å²) in [6, 6.07) is 8.49. The number of nitrogens with zero attached hydrogens (tertiary/aromatic N) is 2. The van der Waals surface area contributed by atoms with E-state index < -0.39 is 14.9 Å². The minimum absolute atomic E-state index is 0.0489. The fraction of sp³-hybridized carbons (Fsp3) is 0.222. The Morgan fingerprint density at radius 2 is 1.89 bits per heavy atom. The van der Waals surface area contributed by atoms with Gasteiger partial charge in [-0.2, -0.15) is 0 Å². The molecule has 0 saturated heterocycles. The normalized spacial score (nSPS) is 10.9. The number of anilines is 1. The van der Waals surface area contributed by atoms with E-state index in [1.54, 1.807) is 25.1 Å². The van der Waals surface area contributed by atoms with E-state index in [-0.39, 0.29) is 28.6 Å². The number of hydrogen-bond acceptors (Lipinski definition) is 6. The highest BCUT2D eigenvalue weighted by atomic mass is 32.2. The lowest BCUT2D eigenvalue weighted by molar-refractivity contribution is -0.385. The number of ether oxygens (including phenoxy) is 2. The van der Waals surface area contributed by atoms with Gasteiger partial charge in [0.2, 0.25) is 0 Å². The maximum Gasteiger partial charge on any atom is 0.273 e. The largest absolute Gasteiger partial charge is 0.497 e. The molecule has 0 saturated carbocycles. The van der Waals surface area contributed by atoms with E-state index in [0.29, 0.717) is 11.3 Å². The van der Waals surface area contributed by atoms with Crippen LogP contribution in [0.25, 0.3) is 0 Å². The zero-order valence-electron chi connectivity index (χ0n) is 15.2. The number of rotatable bonds is 8. The topological polar surface area (TPSA) is 99.0 Å². The van der Waals surface area contributed by atoms with E-state index in [0.717, 1.165) is 10.4 Å². The minimum atomic E-state index is -4.10. The molecule has 9 heteroatoms. The molecule has 0 heterocycles. The Morgan fingerprint density at radius 3 is 2.44 bits per heavy atom. The summed E-state index contributed by atoms with van der Waals surface area (Å²) in [6.07, 6.45) is 1.42. The van der Waals surface area contributed by atoms with Crippen LogP contribution in [-0.2, 0) is 10.0 Å². The van der Waals surface area contributed by atoms with Crippen LogP contribution in [0.15, 0.2) is 53.9 Å². The summed E-state index contributed by atoms with van der Waals surface area (Å²) in [5.41, 5.74) is 0.369. The van der Waals surface area contributed by atoms with E-state index in [9.17, 15) is 18.5 Å². The minimum Gasteiger partial charge on any atom is -0.497 e. The first-order valence-electron chi connectivity index (χ1n) is 7.87. The van der Waals surface area contributed by atoms with Gasteiger partial charge in [0, 0.05) is 17.7 Å². The standard InChI is InChI=1S/C18H20N2O6S/c1-5-10-19(16-9-7-14(25-3)11-18(16)26-4)27(23,24)15-8-6-13(2)17(12-15)20(21)22/h5-9,11-12H,1,10H2,2-4H3. The van der Waals surface area contributed by atoms with E-state index >= 15 is 0 Å². The van der Waals surface area contributed by atoms with Gasteiger partial charge in [-0.05, 0) is 25.1 Å². The second kappa shape index (κ2) is 8.09. The lowest BCUT2D eigenvalue weighted by Gasteiger charge is -2.25. The third-order valence-corrected chi connectivity index (χ3v) is 5.69. The predicted molar refractivity (Wildman–Crippen MR) is 102 cm³/mol. The summed E-state index contributed by atoms with van der Waals surface area (Å²) in [6.45, 7) is 5.10. The summed E-state index contributed by atoms with van der Waals surface area (Å²) in [7, 11) is -1.21. The Hall–Kier alpha value is -3.07. The monoisotopic (exact) mass is 392 g/mol. The van der Waals surface area contributed by atoms with Gasteiger partial charge in [-0.15, -0.1) is 6.58 Å². The number of aryl methyl sites for hydroxylation is 1. The van der Waals surface area contributed by atoms with Crippen molar-refractivity contribution < 1.29 is 22.8 Å². The highest BCUT2D eigenvalue weighted by Crippen LogP contribution is 2.36. The first-order chi connectivity index (χ1) is 12.8. The van der Waals surface area contributed by atoms with Crippen LogP contribution in [0.1, 0.15) is 5.56 Å². The maximum absolute atomic E-state index is 13.2. The van der Waals surface area contributed by atoms with Crippen LogP contribution in [0.2, 0.25) is 0 Å². The van der Waals surface area contributed by atoms with Crippen molar-refractivity contribution in [1.29, 1.82) is 0 Å². The number of nitro groups is 1. The van der Waals surface area contributed by atoms with Gasteiger partial charge < -0.3 is 9.47 Å². The smallest absolute Gasteiger partial charge is 0.273 e. The molecule has 2 rings (SSSR count). The average molecular weight is 392 g/mol. The van der Waals surface area contributed by atoms with Gasteiger partial charge in [-0.25, -0.2) is 8.42 Å². The van der Waals surface area contributed by atoms with Crippen molar-refractivity contribution in [2.75, 3.05) is 25.1 Å². The molecule has 0 atom stereocenters. The molecule has 2 aromatic carbocycles. The fourth-order valence-electron chi connectivity index (χ4n) is 2.51. The number of methoxy groups -OCH3 is 2.